The maximum Gasteiger partial charge on any atom is -0.412 e. The zero-order valence-corrected chi connectivity index (χ0v) is 11.4. The van der Waals surface area contributed by atoms with Crippen molar-refractivity contribution in [3.63, 3.8) is 0 Å². The van der Waals surface area contributed by atoms with Crippen LogP contribution in [0.3, 0.4) is 0 Å². The molecule has 3 radical (unpaired) electrons. The molecular formula is C10H21O2Sn. The molecule has 1 rings (SSSR count). The molecule has 1 saturated heterocycles. The first-order chi connectivity index (χ1) is 5.77. The Hall–Kier alpha value is 0.719. The van der Waals surface area contributed by atoms with Crippen molar-refractivity contribution in [2.75, 3.05) is 6.61 Å². The van der Waals surface area contributed by atoms with E-state index in [0.29, 0.717) is 3.62 Å². The van der Waals surface area contributed by atoms with Crippen LogP contribution in [0.4, 0.5) is 0 Å². The van der Waals surface area contributed by atoms with Crippen LogP contribution in [0.1, 0.15) is 51.9 Å². The summed E-state index contributed by atoms with van der Waals surface area (Å²) in [5, 5.41) is 0. The summed E-state index contributed by atoms with van der Waals surface area (Å²) in [6, 6.07) is 0. The summed E-state index contributed by atoms with van der Waals surface area (Å²) in [7, 11) is 0. The van der Waals surface area contributed by atoms with Crippen LogP contribution in [0.15, 0.2) is 0 Å². The number of hydrogen-bond donors (Lipinski definition) is 0. The first-order valence-electron chi connectivity index (χ1n) is 5.16. The van der Waals surface area contributed by atoms with Crippen LogP contribution in [0.5, 0.6) is 0 Å². The van der Waals surface area contributed by atoms with Crippen molar-refractivity contribution < 1.29 is 10.2 Å². The van der Waals surface area contributed by atoms with E-state index in [1.165, 1.54) is 44.9 Å². The molecule has 1 fully saturated rings. The fraction of sp³-hybridized carbons (Fsp3) is 1.00. The Morgan fingerprint density at radius 1 is 1.31 bits per heavy atom. The molecule has 0 saturated carbocycles. The van der Waals surface area contributed by atoms with Crippen molar-refractivity contribution in [1.82, 2.24) is 0 Å². The molecule has 1 heterocycles. The second-order valence-corrected chi connectivity index (χ2v) is 6.36. The normalized spacial score (nSPS) is 28.2. The molecule has 2 nitrogen and oxygen atoms in total. The van der Waals surface area contributed by atoms with Gasteiger partial charge in [-0.15, -0.1) is 0 Å². The molecule has 1 aliphatic rings. The monoisotopic (exact) mass is 293 g/mol. The molecule has 1 aliphatic heterocycles. The van der Waals surface area contributed by atoms with Crippen molar-refractivity contribution in [2.24, 2.45) is 0 Å². The molecule has 1 atom stereocenters. The standard InChI is InChI=1S/C10H19O.H2O.Sn/c1-2-3-4-7-10-8-5-6-9-11-10;;/h2-9H2,1H3;1H2;. The Bertz CT molecular complexity index is 122. The fourth-order valence-corrected chi connectivity index (χ4v) is 3.01. The molecule has 77 valence electrons. The quantitative estimate of drug-likeness (QED) is 0.575. The molecule has 0 aromatic rings. The first-order valence-corrected chi connectivity index (χ1v) is 6.58. The molecule has 0 bridgehead atoms. The van der Waals surface area contributed by atoms with Crippen LogP contribution in [-0.4, -0.2) is 38.2 Å². The zero-order chi connectivity index (χ0) is 8.86. The minimum Gasteiger partial charge on any atom is -0.412 e. The summed E-state index contributed by atoms with van der Waals surface area (Å²) in [6.07, 6.45) is 9.35. The number of hydrogen-bond acceptors (Lipinski definition) is 1. The molecule has 0 aromatic carbocycles. The van der Waals surface area contributed by atoms with Crippen LogP contribution in [0.25, 0.3) is 0 Å². The van der Waals surface area contributed by atoms with Gasteiger partial charge in [0.2, 0.25) is 0 Å². The second kappa shape index (κ2) is 7.07. The molecule has 13 heavy (non-hydrogen) atoms. The van der Waals surface area contributed by atoms with E-state index < -0.39 is 0 Å². The van der Waals surface area contributed by atoms with Gasteiger partial charge in [-0.05, 0) is 0 Å². The Morgan fingerprint density at radius 3 is 2.62 bits per heavy atom. The van der Waals surface area contributed by atoms with Gasteiger partial charge in [0, 0.05) is 0 Å². The van der Waals surface area contributed by atoms with E-state index in [2.05, 4.69) is 6.92 Å². The van der Waals surface area contributed by atoms with Gasteiger partial charge in [-0.25, -0.2) is 0 Å². The Labute approximate surface area is 94.8 Å². The van der Waals surface area contributed by atoms with Crippen molar-refractivity contribution in [3.05, 3.63) is 0 Å². The fourth-order valence-electron chi connectivity index (χ4n) is 1.71. The molecular weight excluding hydrogens is 271 g/mol. The molecule has 1 unspecified atom stereocenters. The number of rotatable bonds is 4. The summed E-state index contributed by atoms with van der Waals surface area (Å²) < 4.78 is 6.17. The van der Waals surface area contributed by atoms with Crippen molar-refractivity contribution in [1.29, 1.82) is 0 Å². The summed E-state index contributed by atoms with van der Waals surface area (Å²) in [5.41, 5.74) is 0. The van der Waals surface area contributed by atoms with Gasteiger partial charge in [-0.3, -0.25) is 0 Å². The van der Waals surface area contributed by atoms with E-state index in [1.807, 2.05) is 0 Å². The molecule has 0 amide bonds. The van der Waals surface area contributed by atoms with Gasteiger partial charge in [0.05, 0.1) is 0 Å². The summed E-state index contributed by atoms with van der Waals surface area (Å²) >= 11 is 1.60. The van der Waals surface area contributed by atoms with Crippen molar-refractivity contribution >= 4 is 22.5 Å². The van der Waals surface area contributed by atoms with E-state index >= 15 is 0 Å². The third-order valence-electron chi connectivity index (χ3n) is 2.54. The van der Waals surface area contributed by atoms with Crippen LogP contribution in [-0.2, 0) is 4.74 Å². The predicted molar refractivity (Wildman–Crippen MR) is 56.0 cm³/mol. The van der Waals surface area contributed by atoms with Gasteiger partial charge in [0.25, 0.3) is 0 Å². The Balaban J connectivity index is 0.00000144. The maximum atomic E-state index is 5.85. The molecule has 0 aliphatic carbocycles. The van der Waals surface area contributed by atoms with Gasteiger partial charge in [0.1, 0.15) is 0 Å². The van der Waals surface area contributed by atoms with Gasteiger partial charge in [-0.2, -0.15) is 0 Å². The molecule has 2 N–H and O–H groups in total. The summed E-state index contributed by atoms with van der Waals surface area (Å²) in [5.74, 6) is 0. The summed E-state index contributed by atoms with van der Waals surface area (Å²) in [6.45, 7) is 3.27. The minimum atomic E-state index is 0. The van der Waals surface area contributed by atoms with Gasteiger partial charge >= 0.3 is 89.4 Å². The van der Waals surface area contributed by atoms with Crippen LogP contribution in [0, 0.1) is 0 Å². The molecule has 3 heteroatoms. The first kappa shape index (κ1) is 13.7. The van der Waals surface area contributed by atoms with E-state index in [-0.39, 0.29) is 5.48 Å². The average molecular weight is 292 g/mol. The maximum absolute atomic E-state index is 5.85. The zero-order valence-electron chi connectivity index (χ0n) is 8.57. The Kier molecular flexibility index (Phi) is 7.46. The van der Waals surface area contributed by atoms with Gasteiger partial charge < -0.3 is 5.48 Å². The van der Waals surface area contributed by atoms with E-state index in [1.54, 1.807) is 22.5 Å². The third-order valence-corrected chi connectivity index (χ3v) is 4.38. The van der Waals surface area contributed by atoms with E-state index in [0.717, 1.165) is 6.61 Å². The number of unbranched alkanes of at least 4 members (excludes halogenated alkanes) is 2. The summed E-state index contributed by atoms with van der Waals surface area (Å²) in [4.78, 5) is 0. The number of ether oxygens (including phenoxy) is 1. The van der Waals surface area contributed by atoms with E-state index in [4.69, 9.17) is 4.74 Å². The van der Waals surface area contributed by atoms with Crippen molar-refractivity contribution in [3.8, 4) is 0 Å². The SMILES string of the molecule is CCCCC[C]1([Sn])CCCCO1.O. The van der Waals surface area contributed by atoms with Gasteiger partial charge in [0.15, 0.2) is 0 Å². The second-order valence-electron chi connectivity index (χ2n) is 3.76. The van der Waals surface area contributed by atoms with Crippen LogP contribution >= 0.6 is 0 Å². The average Bonchev–Trinajstić information content (AvgIpc) is 2.06. The van der Waals surface area contributed by atoms with Crippen molar-refractivity contribution in [2.45, 2.75) is 55.5 Å². The predicted octanol–water partition coefficient (Wildman–Crippen LogP) is 1.81. The van der Waals surface area contributed by atoms with Crippen LogP contribution < -0.4 is 0 Å². The van der Waals surface area contributed by atoms with E-state index in [9.17, 15) is 0 Å². The van der Waals surface area contributed by atoms with Gasteiger partial charge in [-0.1, -0.05) is 0 Å². The van der Waals surface area contributed by atoms with Crippen LogP contribution in [0.2, 0.25) is 0 Å². The molecule has 0 aromatic heterocycles. The molecule has 0 spiro atoms. The Morgan fingerprint density at radius 2 is 2.08 bits per heavy atom. The largest absolute Gasteiger partial charge is 0.412 e. The minimum absolute atomic E-state index is 0. The third kappa shape index (κ3) is 5.23. The topological polar surface area (TPSA) is 40.7 Å². The smallest absolute Gasteiger partial charge is 0.412 e.